The molecule has 0 aliphatic heterocycles. The van der Waals surface area contributed by atoms with Gasteiger partial charge in [0.05, 0.1) is 33.2 Å². The summed E-state index contributed by atoms with van der Waals surface area (Å²) in [5.41, 5.74) is 6.45. The maximum Gasteiger partial charge on any atom is 0.131 e. The molecule has 3 N–H and O–H groups in total. The van der Waals surface area contributed by atoms with Gasteiger partial charge < -0.3 is 15.5 Å². The predicted octanol–water partition coefficient (Wildman–Crippen LogP) is 6.32. The van der Waals surface area contributed by atoms with Crippen LogP contribution >= 0.6 is 38.9 Å². The lowest BCUT2D eigenvalue weighted by Gasteiger charge is -2.16. The Bertz CT molecular complexity index is 892. The van der Waals surface area contributed by atoms with Crippen molar-refractivity contribution < 1.29 is 4.42 Å². The number of aromatic nitrogens is 1. The predicted molar refractivity (Wildman–Crippen MR) is 114 cm³/mol. The van der Waals surface area contributed by atoms with Crippen LogP contribution in [0.15, 0.2) is 45.5 Å². The van der Waals surface area contributed by atoms with Crippen molar-refractivity contribution in [3.05, 3.63) is 56.9 Å². The van der Waals surface area contributed by atoms with Crippen LogP contribution in [0.4, 0.5) is 5.69 Å². The lowest BCUT2D eigenvalue weighted by molar-refractivity contribution is 0.518. The van der Waals surface area contributed by atoms with Gasteiger partial charge in [-0.1, -0.05) is 23.8 Å². The van der Waals surface area contributed by atoms with E-state index in [0.717, 1.165) is 39.0 Å². The summed E-state index contributed by atoms with van der Waals surface area (Å²) in [6.45, 7) is 0.624. The number of furan rings is 1. The number of halogens is 2. The average molecular weight is 455 g/mol. The SMILES string of the molecule is CN.Clc1cc(NCc2ccco2)c2sc(C3CC=CCC3)c(Br)c2n1. The quantitative estimate of drug-likeness (QED) is 0.358. The number of pyridine rings is 1. The molecule has 3 aromatic heterocycles. The van der Waals surface area contributed by atoms with Gasteiger partial charge in [0.25, 0.3) is 0 Å². The summed E-state index contributed by atoms with van der Waals surface area (Å²) in [5, 5.41) is 3.93. The number of fused-ring (bicyclic) bond motifs is 1. The minimum absolute atomic E-state index is 0.498. The smallest absolute Gasteiger partial charge is 0.131 e. The Hall–Kier alpha value is -1.34. The number of thiophene rings is 1. The zero-order valence-corrected chi connectivity index (χ0v) is 17.6. The maximum atomic E-state index is 6.25. The van der Waals surface area contributed by atoms with E-state index in [9.17, 15) is 0 Å². The third kappa shape index (κ3) is 4.14. The van der Waals surface area contributed by atoms with Crippen LogP contribution in [-0.2, 0) is 6.54 Å². The van der Waals surface area contributed by atoms with Crippen LogP contribution in [0.3, 0.4) is 0 Å². The first kappa shape index (κ1) is 19.4. The van der Waals surface area contributed by atoms with Gasteiger partial charge in [-0.2, -0.15) is 0 Å². The van der Waals surface area contributed by atoms with Gasteiger partial charge in [0.2, 0.25) is 0 Å². The molecule has 0 amide bonds. The molecule has 0 bridgehead atoms. The van der Waals surface area contributed by atoms with E-state index in [1.54, 1.807) is 6.26 Å². The highest BCUT2D eigenvalue weighted by Gasteiger charge is 2.22. The van der Waals surface area contributed by atoms with Crippen molar-refractivity contribution in [2.45, 2.75) is 31.7 Å². The van der Waals surface area contributed by atoms with E-state index < -0.39 is 0 Å². The van der Waals surface area contributed by atoms with Gasteiger partial charge >= 0.3 is 0 Å². The molecule has 0 saturated heterocycles. The van der Waals surface area contributed by atoms with E-state index in [1.807, 2.05) is 29.5 Å². The number of allylic oxidation sites excluding steroid dienone is 2. The second-order valence-corrected chi connectivity index (χ2v) is 8.10. The van der Waals surface area contributed by atoms with Crippen LogP contribution in [-0.4, -0.2) is 12.0 Å². The lowest BCUT2D eigenvalue weighted by Crippen LogP contribution is -1.98. The topological polar surface area (TPSA) is 64.1 Å². The van der Waals surface area contributed by atoms with E-state index in [4.69, 9.17) is 16.0 Å². The molecule has 0 radical (unpaired) electrons. The van der Waals surface area contributed by atoms with Crippen molar-refractivity contribution in [2.75, 3.05) is 12.4 Å². The largest absolute Gasteiger partial charge is 0.467 e. The third-order valence-corrected chi connectivity index (χ3v) is 6.88. The molecule has 1 unspecified atom stereocenters. The van der Waals surface area contributed by atoms with Gasteiger partial charge in [-0.3, -0.25) is 0 Å². The molecule has 4 nitrogen and oxygen atoms in total. The minimum Gasteiger partial charge on any atom is -0.467 e. The van der Waals surface area contributed by atoms with Gasteiger partial charge in [-0.25, -0.2) is 4.98 Å². The number of rotatable bonds is 4. The highest BCUT2D eigenvalue weighted by Crippen LogP contribution is 2.45. The summed E-state index contributed by atoms with van der Waals surface area (Å²) in [4.78, 5) is 5.91. The van der Waals surface area contributed by atoms with E-state index in [0.29, 0.717) is 17.6 Å². The van der Waals surface area contributed by atoms with Crippen LogP contribution in [0.2, 0.25) is 5.15 Å². The second kappa shape index (κ2) is 9.04. The van der Waals surface area contributed by atoms with Crippen LogP contribution in [0.25, 0.3) is 10.2 Å². The molecule has 138 valence electrons. The Balaban J connectivity index is 0.000000948. The molecule has 26 heavy (non-hydrogen) atoms. The normalized spacial score (nSPS) is 16.4. The lowest BCUT2D eigenvalue weighted by atomic mass is 9.93. The zero-order chi connectivity index (χ0) is 18.5. The molecule has 7 heteroatoms. The summed E-state index contributed by atoms with van der Waals surface area (Å²) in [7, 11) is 1.50. The molecule has 0 aromatic carbocycles. The Morgan fingerprint density at radius 1 is 1.42 bits per heavy atom. The maximum absolute atomic E-state index is 6.25. The molecule has 1 atom stereocenters. The molecule has 0 saturated carbocycles. The Labute approximate surface area is 170 Å². The summed E-state index contributed by atoms with van der Waals surface area (Å²) in [6.07, 6.45) is 9.65. The number of hydrogen-bond acceptors (Lipinski definition) is 5. The van der Waals surface area contributed by atoms with Crippen molar-refractivity contribution in [1.82, 2.24) is 4.98 Å². The van der Waals surface area contributed by atoms with Gasteiger partial charge in [-0.05, 0) is 60.3 Å². The van der Waals surface area contributed by atoms with Gasteiger partial charge in [0, 0.05) is 10.9 Å². The van der Waals surface area contributed by atoms with Gasteiger partial charge in [0.1, 0.15) is 10.9 Å². The van der Waals surface area contributed by atoms with Gasteiger partial charge in [0.15, 0.2) is 0 Å². The minimum atomic E-state index is 0.498. The number of hydrogen-bond donors (Lipinski definition) is 2. The molecular weight excluding hydrogens is 434 g/mol. The fourth-order valence-electron chi connectivity index (χ4n) is 3.05. The molecular formula is C19H21BrClN3OS. The Morgan fingerprint density at radius 3 is 2.96 bits per heavy atom. The fraction of sp³-hybridized carbons (Fsp3) is 0.316. The molecule has 0 spiro atoms. The highest BCUT2D eigenvalue weighted by molar-refractivity contribution is 9.10. The van der Waals surface area contributed by atoms with Crippen molar-refractivity contribution in [2.24, 2.45) is 5.73 Å². The summed E-state index contributed by atoms with van der Waals surface area (Å²) >= 11 is 11.8. The van der Waals surface area contributed by atoms with E-state index in [1.165, 1.54) is 18.3 Å². The molecule has 1 aliphatic rings. The second-order valence-electron chi connectivity index (χ2n) is 5.86. The summed E-state index contributed by atoms with van der Waals surface area (Å²) in [6, 6.07) is 5.74. The van der Waals surface area contributed by atoms with Crippen molar-refractivity contribution in [1.29, 1.82) is 0 Å². The number of nitrogens with one attached hydrogen (secondary N) is 1. The monoisotopic (exact) mass is 453 g/mol. The molecule has 3 aromatic rings. The first-order chi connectivity index (χ1) is 12.7. The third-order valence-electron chi connectivity index (χ3n) is 4.25. The summed E-state index contributed by atoms with van der Waals surface area (Å²) in [5.74, 6) is 1.45. The molecule has 1 aliphatic carbocycles. The molecule has 4 rings (SSSR count). The first-order valence-corrected chi connectivity index (χ1v) is 10.5. The van der Waals surface area contributed by atoms with E-state index >= 15 is 0 Å². The molecule has 0 fully saturated rings. The number of nitrogens with two attached hydrogens (primary N) is 1. The fourth-order valence-corrected chi connectivity index (χ4v) is 5.50. The van der Waals surface area contributed by atoms with Crippen molar-refractivity contribution in [3.63, 3.8) is 0 Å². The number of anilines is 1. The van der Waals surface area contributed by atoms with Crippen LogP contribution < -0.4 is 11.1 Å². The van der Waals surface area contributed by atoms with E-state index in [2.05, 4.69) is 44.1 Å². The van der Waals surface area contributed by atoms with Crippen LogP contribution in [0.5, 0.6) is 0 Å². The van der Waals surface area contributed by atoms with E-state index in [-0.39, 0.29) is 0 Å². The zero-order valence-electron chi connectivity index (χ0n) is 14.5. The Kier molecular flexibility index (Phi) is 6.75. The van der Waals surface area contributed by atoms with Crippen LogP contribution in [0.1, 0.15) is 35.8 Å². The Morgan fingerprint density at radius 2 is 2.27 bits per heavy atom. The standard InChI is InChI=1S/C18H16BrClN2OS.CH5N/c19-15-16-18(24-17(15)11-5-2-1-3-6-11)13(9-14(20)22-16)21-10-12-7-4-8-23-12;1-2/h1-2,4,7-9,11H,3,5-6,10H2,(H,21,22);2H2,1H3. The average Bonchev–Trinajstić information content (AvgIpc) is 3.31. The van der Waals surface area contributed by atoms with Gasteiger partial charge in [-0.15, -0.1) is 11.3 Å². The van der Waals surface area contributed by atoms with Crippen molar-refractivity contribution in [3.8, 4) is 0 Å². The molecule has 3 heterocycles. The van der Waals surface area contributed by atoms with Crippen LogP contribution in [0, 0.1) is 0 Å². The number of nitrogens with zero attached hydrogens (tertiary/aromatic N) is 1. The highest BCUT2D eigenvalue weighted by atomic mass is 79.9. The first-order valence-electron chi connectivity index (χ1n) is 8.50. The van der Waals surface area contributed by atoms with Crippen molar-refractivity contribution >= 4 is 54.8 Å². The summed E-state index contributed by atoms with van der Waals surface area (Å²) < 4.78 is 7.63.